The normalized spacial score (nSPS) is 10.8. The molecule has 0 aliphatic rings. The Balaban J connectivity index is 3.37. The van der Waals surface area contributed by atoms with E-state index in [0.29, 0.717) is 3.57 Å². The molecule has 0 saturated carbocycles. The second-order valence-corrected chi connectivity index (χ2v) is 4.09. The highest BCUT2D eigenvalue weighted by molar-refractivity contribution is 14.1. The molecule has 0 saturated heterocycles. The quantitative estimate of drug-likeness (QED) is 0.588. The van der Waals surface area contributed by atoms with E-state index in [0.717, 1.165) is 0 Å². The zero-order valence-corrected chi connectivity index (χ0v) is 9.63. The summed E-state index contributed by atoms with van der Waals surface area (Å²) in [7, 11) is 0. The van der Waals surface area contributed by atoms with Crippen molar-refractivity contribution in [1.82, 2.24) is 9.55 Å². The molecule has 0 N–H and O–H groups in total. The zero-order chi connectivity index (χ0) is 9.30. The third-order valence-electron chi connectivity index (χ3n) is 1.46. The Bertz CT molecular complexity index is 348. The predicted octanol–water partition coefficient (Wildman–Crippen LogP) is 2.08. The number of aromatic nitrogens is 2. The number of rotatable bonds is 1. The summed E-state index contributed by atoms with van der Waals surface area (Å²) < 4.78 is 2.03. The van der Waals surface area contributed by atoms with Crippen LogP contribution in [-0.2, 0) is 0 Å². The average molecular weight is 299 g/mol. The largest absolute Gasteiger partial charge is 0.296 e. The van der Waals surface area contributed by atoms with Crippen LogP contribution in [0.5, 0.6) is 0 Å². The van der Waals surface area contributed by atoms with Gasteiger partial charge in [-0.05, 0) is 36.4 Å². The van der Waals surface area contributed by atoms with Gasteiger partial charge in [0.15, 0.2) is 0 Å². The zero-order valence-electron chi connectivity index (χ0n) is 6.71. The van der Waals surface area contributed by atoms with Crippen LogP contribution in [0.3, 0.4) is 0 Å². The molecule has 0 aromatic carbocycles. The summed E-state index contributed by atoms with van der Waals surface area (Å²) in [5, 5.41) is 0.275. The Labute approximate surface area is 88.9 Å². The Morgan fingerprint density at radius 1 is 1.67 bits per heavy atom. The van der Waals surface area contributed by atoms with Crippen LogP contribution < -0.4 is 5.56 Å². The monoisotopic (exact) mass is 298 g/mol. The van der Waals surface area contributed by atoms with Crippen molar-refractivity contribution in [3.63, 3.8) is 0 Å². The van der Waals surface area contributed by atoms with Gasteiger partial charge in [-0.25, -0.2) is 4.98 Å². The van der Waals surface area contributed by atoms with E-state index < -0.39 is 0 Å². The predicted molar refractivity (Wildman–Crippen MR) is 56.6 cm³/mol. The van der Waals surface area contributed by atoms with Crippen LogP contribution in [-0.4, -0.2) is 9.55 Å². The molecule has 5 heteroatoms. The molecule has 0 spiro atoms. The van der Waals surface area contributed by atoms with Gasteiger partial charge in [0.25, 0.3) is 5.56 Å². The fourth-order valence-corrected chi connectivity index (χ4v) is 1.33. The van der Waals surface area contributed by atoms with Crippen molar-refractivity contribution in [3.8, 4) is 0 Å². The molecule has 0 atom stereocenters. The summed E-state index contributed by atoms with van der Waals surface area (Å²) >= 11 is 7.56. The third kappa shape index (κ3) is 1.80. The summed E-state index contributed by atoms with van der Waals surface area (Å²) in [6.07, 6.45) is 1.47. The fraction of sp³-hybridized carbons (Fsp3) is 0.429. The van der Waals surface area contributed by atoms with Crippen molar-refractivity contribution >= 4 is 34.2 Å². The summed E-state index contributed by atoms with van der Waals surface area (Å²) in [6.45, 7) is 3.85. The molecular formula is C7H8ClIN2O. The molecular weight excluding hydrogens is 290 g/mol. The lowest BCUT2D eigenvalue weighted by molar-refractivity contribution is 0.565. The van der Waals surface area contributed by atoms with E-state index in [2.05, 4.69) is 4.98 Å². The van der Waals surface area contributed by atoms with Gasteiger partial charge in [-0.15, -0.1) is 0 Å². The molecule has 0 amide bonds. The van der Waals surface area contributed by atoms with Crippen LogP contribution in [0.25, 0.3) is 0 Å². The lowest BCUT2D eigenvalue weighted by Crippen LogP contribution is -2.24. The summed E-state index contributed by atoms with van der Waals surface area (Å²) in [5.74, 6) is 0. The second-order valence-electron chi connectivity index (χ2n) is 2.66. The summed E-state index contributed by atoms with van der Waals surface area (Å²) in [6, 6.07) is 0.121. The van der Waals surface area contributed by atoms with Crippen molar-refractivity contribution in [3.05, 3.63) is 25.4 Å². The van der Waals surface area contributed by atoms with Crippen molar-refractivity contribution < 1.29 is 0 Å². The van der Waals surface area contributed by atoms with Gasteiger partial charge >= 0.3 is 0 Å². The fourth-order valence-electron chi connectivity index (χ4n) is 0.791. The van der Waals surface area contributed by atoms with E-state index in [1.54, 1.807) is 4.57 Å². The maximum atomic E-state index is 11.5. The van der Waals surface area contributed by atoms with Crippen LogP contribution in [0.1, 0.15) is 19.9 Å². The van der Waals surface area contributed by atoms with E-state index in [1.807, 2.05) is 36.4 Å². The first-order valence-electron chi connectivity index (χ1n) is 3.46. The average Bonchev–Trinajstić information content (AvgIpc) is 2.00. The lowest BCUT2D eigenvalue weighted by atomic mass is 10.4. The molecule has 0 unspecified atom stereocenters. The molecule has 0 bridgehead atoms. The Morgan fingerprint density at radius 2 is 2.25 bits per heavy atom. The number of halogens is 2. The second kappa shape index (κ2) is 3.74. The minimum atomic E-state index is -0.0781. The Kier molecular flexibility index (Phi) is 3.11. The first-order valence-corrected chi connectivity index (χ1v) is 4.92. The van der Waals surface area contributed by atoms with Gasteiger partial charge in [-0.2, -0.15) is 0 Å². The van der Waals surface area contributed by atoms with Crippen LogP contribution in [0, 0.1) is 3.57 Å². The SMILES string of the molecule is CC(C)n1cnc(Cl)c(I)c1=O. The van der Waals surface area contributed by atoms with Crippen LogP contribution >= 0.6 is 34.2 Å². The van der Waals surface area contributed by atoms with Gasteiger partial charge in [-0.1, -0.05) is 11.6 Å². The van der Waals surface area contributed by atoms with Gasteiger partial charge in [0.2, 0.25) is 0 Å². The number of hydrogen-bond acceptors (Lipinski definition) is 2. The number of nitrogens with zero attached hydrogens (tertiary/aromatic N) is 2. The highest BCUT2D eigenvalue weighted by atomic mass is 127. The molecule has 1 aromatic heterocycles. The highest BCUT2D eigenvalue weighted by Crippen LogP contribution is 2.10. The molecule has 0 radical (unpaired) electrons. The van der Waals surface area contributed by atoms with Crippen molar-refractivity contribution in [2.75, 3.05) is 0 Å². The molecule has 66 valence electrons. The van der Waals surface area contributed by atoms with Gasteiger partial charge in [0, 0.05) is 6.04 Å². The van der Waals surface area contributed by atoms with Crippen LogP contribution in [0.15, 0.2) is 11.1 Å². The van der Waals surface area contributed by atoms with Crippen molar-refractivity contribution in [2.45, 2.75) is 19.9 Å². The van der Waals surface area contributed by atoms with Gasteiger partial charge in [0.1, 0.15) is 8.72 Å². The smallest absolute Gasteiger partial charge is 0.268 e. The van der Waals surface area contributed by atoms with Crippen LogP contribution in [0.2, 0.25) is 5.15 Å². The maximum Gasteiger partial charge on any atom is 0.268 e. The molecule has 0 aliphatic heterocycles. The summed E-state index contributed by atoms with van der Waals surface area (Å²) in [4.78, 5) is 15.3. The minimum Gasteiger partial charge on any atom is -0.296 e. The highest BCUT2D eigenvalue weighted by Gasteiger charge is 2.07. The molecule has 12 heavy (non-hydrogen) atoms. The molecule has 3 nitrogen and oxygen atoms in total. The van der Waals surface area contributed by atoms with Crippen LogP contribution in [0.4, 0.5) is 0 Å². The standard InChI is InChI=1S/C7H8ClIN2O/c1-4(2)11-3-10-6(8)5(9)7(11)12/h3-4H,1-2H3. The molecule has 1 heterocycles. The molecule has 1 aromatic rings. The van der Waals surface area contributed by atoms with E-state index >= 15 is 0 Å². The van der Waals surface area contributed by atoms with E-state index in [9.17, 15) is 4.79 Å². The summed E-state index contributed by atoms with van der Waals surface area (Å²) in [5.41, 5.74) is -0.0781. The molecule has 1 rings (SSSR count). The third-order valence-corrected chi connectivity index (χ3v) is 3.03. The van der Waals surface area contributed by atoms with Gasteiger partial charge in [0.05, 0.1) is 6.33 Å². The maximum absolute atomic E-state index is 11.5. The topological polar surface area (TPSA) is 34.9 Å². The van der Waals surface area contributed by atoms with E-state index in [4.69, 9.17) is 11.6 Å². The number of hydrogen-bond donors (Lipinski definition) is 0. The van der Waals surface area contributed by atoms with E-state index in [-0.39, 0.29) is 16.8 Å². The van der Waals surface area contributed by atoms with Crippen molar-refractivity contribution in [2.24, 2.45) is 0 Å². The molecule has 0 fully saturated rings. The Hall–Kier alpha value is -0.100. The van der Waals surface area contributed by atoms with Gasteiger partial charge < -0.3 is 0 Å². The lowest BCUT2D eigenvalue weighted by Gasteiger charge is -2.08. The first-order chi connectivity index (χ1) is 5.54. The molecule has 0 aliphatic carbocycles. The van der Waals surface area contributed by atoms with E-state index in [1.165, 1.54) is 6.33 Å². The first kappa shape index (κ1) is 9.98. The Morgan fingerprint density at radius 3 is 2.75 bits per heavy atom. The van der Waals surface area contributed by atoms with Crippen molar-refractivity contribution in [1.29, 1.82) is 0 Å². The minimum absolute atomic E-state index is 0.0781. The van der Waals surface area contributed by atoms with Gasteiger partial charge in [-0.3, -0.25) is 9.36 Å².